The molecule has 1 amide bonds. The van der Waals surface area contributed by atoms with Crippen LogP contribution in [0.5, 0.6) is 0 Å². The Morgan fingerprint density at radius 1 is 0.968 bits per heavy atom. The average molecular weight is 417 g/mol. The van der Waals surface area contributed by atoms with Gasteiger partial charge in [0.05, 0.1) is 5.69 Å². The van der Waals surface area contributed by atoms with Crippen molar-refractivity contribution in [2.45, 2.75) is 39.0 Å². The molecular formula is C25H25FN4O. The summed E-state index contributed by atoms with van der Waals surface area (Å²) in [6.07, 6.45) is 8.20. The summed E-state index contributed by atoms with van der Waals surface area (Å²) in [5.74, 6) is 0.205. The van der Waals surface area contributed by atoms with Crippen LogP contribution in [-0.2, 0) is 4.79 Å². The first-order valence-corrected chi connectivity index (χ1v) is 10.6. The molecule has 1 aromatic carbocycles. The molecule has 0 unspecified atom stereocenters. The van der Waals surface area contributed by atoms with Crippen molar-refractivity contribution in [1.82, 2.24) is 15.0 Å². The van der Waals surface area contributed by atoms with Gasteiger partial charge in [-0.15, -0.1) is 0 Å². The van der Waals surface area contributed by atoms with Gasteiger partial charge in [0.25, 0.3) is 0 Å². The lowest BCUT2D eigenvalue weighted by atomic mass is 10.00. The van der Waals surface area contributed by atoms with E-state index in [-0.39, 0.29) is 11.7 Å². The minimum absolute atomic E-state index is 0.0253. The van der Waals surface area contributed by atoms with E-state index >= 15 is 0 Å². The number of pyridine rings is 2. The Morgan fingerprint density at radius 2 is 1.74 bits per heavy atom. The number of carbonyl (C=O) groups is 1. The van der Waals surface area contributed by atoms with Crippen molar-refractivity contribution in [3.8, 4) is 22.4 Å². The summed E-state index contributed by atoms with van der Waals surface area (Å²) in [6, 6.07) is 14.0. The van der Waals surface area contributed by atoms with Gasteiger partial charge in [0.1, 0.15) is 17.3 Å². The maximum atomic E-state index is 13.5. The highest BCUT2D eigenvalue weighted by Gasteiger charge is 2.17. The van der Waals surface area contributed by atoms with Crippen molar-refractivity contribution in [1.29, 1.82) is 0 Å². The van der Waals surface area contributed by atoms with Gasteiger partial charge < -0.3 is 10.3 Å². The lowest BCUT2D eigenvalue weighted by Crippen LogP contribution is -2.12. The highest BCUT2D eigenvalue weighted by molar-refractivity contribution is 6.03. The first-order chi connectivity index (χ1) is 15.2. The van der Waals surface area contributed by atoms with Crippen molar-refractivity contribution in [3.05, 3.63) is 66.7 Å². The van der Waals surface area contributed by atoms with Crippen LogP contribution in [0, 0.1) is 5.82 Å². The number of hydrogen-bond donors (Lipinski definition) is 2. The van der Waals surface area contributed by atoms with Gasteiger partial charge in [-0.3, -0.25) is 9.78 Å². The molecule has 6 heteroatoms. The second kappa shape index (κ2) is 9.51. The van der Waals surface area contributed by atoms with Crippen LogP contribution >= 0.6 is 0 Å². The van der Waals surface area contributed by atoms with Crippen molar-refractivity contribution in [3.63, 3.8) is 0 Å². The zero-order valence-corrected chi connectivity index (χ0v) is 17.5. The predicted octanol–water partition coefficient (Wildman–Crippen LogP) is 6.34. The molecule has 0 fully saturated rings. The van der Waals surface area contributed by atoms with E-state index in [4.69, 9.17) is 0 Å². The Kier molecular flexibility index (Phi) is 6.36. The Bertz CT molecular complexity index is 1170. The zero-order valence-electron chi connectivity index (χ0n) is 17.5. The number of rotatable bonds is 8. The number of nitrogens with one attached hydrogen (secondary N) is 2. The monoisotopic (exact) mass is 416 g/mol. The van der Waals surface area contributed by atoms with Crippen molar-refractivity contribution < 1.29 is 9.18 Å². The lowest BCUT2D eigenvalue weighted by Gasteiger charge is -2.06. The Morgan fingerprint density at radius 3 is 2.48 bits per heavy atom. The van der Waals surface area contributed by atoms with E-state index in [1.165, 1.54) is 12.1 Å². The van der Waals surface area contributed by atoms with Gasteiger partial charge in [0.2, 0.25) is 5.91 Å². The number of amides is 1. The number of benzene rings is 1. The van der Waals surface area contributed by atoms with Gasteiger partial charge >= 0.3 is 0 Å². The van der Waals surface area contributed by atoms with Gasteiger partial charge in [0, 0.05) is 29.8 Å². The summed E-state index contributed by atoms with van der Waals surface area (Å²) in [6.45, 7) is 2.15. The standard InChI is InChI=1S/C25H25FN4O/c1-2-3-4-5-6-22(31)28-21-12-11-20-23(17-13-15-27-16-14-17)24(30-25(20)29-21)18-7-9-19(26)10-8-18/h7-16H,2-6H2,1H3,(H2,28,29,30,31). The number of fused-ring (bicyclic) bond motifs is 1. The summed E-state index contributed by atoms with van der Waals surface area (Å²) in [5, 5.41) is 3.82. The fourth-order valence-corrected chi connectivity index (χ4v) is 3.71. The quantitative estimate of drug-likeness (QED) is 0.329. The molecule has 0 saturated heterocycles. The van der Waals surface area contributed by atoms with Gasteiger partial charge in [-0.05, 0) is 66.1 Å². The summed E-state index contributed by atoms with van der Waals surface area (Å²) in [7, 11) is 0. The average Bonchev–Trinajstić information content (AvgIpc) is 3.16. The van der Waals surface area contributed by atoms with Crippen LogP contribution in [0.25, 0.3) is 33.4 Å². The fraction of sp³-hybridized carbons (Fsp3) is 0.240. The van der Waals surface area contributed by atoms with Crippen molar-refractivity contribution in [2.75, 3.05) is 5.32 Å². The summed E-state index contributed by atoms with van der Waals surface area (Å²) in [4.78, 5) is 24.4. The molecule has 0 saturated carbocycles. The van der Waals surface area contributed by atoms with E-state index in [1.807, 2.05) is 24.3 Å². The number of halogens is 1. The Hall–Kier alpha value is -3.54. The van der Waals surface area contributed by atoms with Crippen LogP contribution in [0.4, 0.5) is 10.2 Å². The Labute approximate surface area is 180 Å². The number of anilines is 1. The molecule has 158 valence electrons. The molecule has 0 aliphatic heterocycles. The molecule has 2 N–H and O–H groups in total. The van der Waals surface area contributed by atoms with Gasteiger partial charge in [-0.2, -0.15) is 0 Å². The molecule has 0 atom stereocenters. The number of nitrogens with zero attached hydrogens (tertiary/aromatic N) is 2. The largest absolute Gasteiger partial charge is 0.339 e. The zero-order chi connectivity index (χ0) is 21.6. The Balaban J connectivity index is 1.68. The van der Waals surface area contributed by atoms with Crippen LogP contribution in [0.2, 0.25) is 0 Å². The molecule has 0 bridgehead atoms. The first kappa shape index (κ1) is 20.7. The van der Waals surface area contributed by atoms with Gasteiger partial charge in [-0.1, -0.05) is 26.2 Å². The third-order valence-corrected chi connectivity index (χ3v) is 5.28. The van der Waals surface area contributed by atoms with Crippen LogP contribution < -0.4 is 5.32 Å². The number of aromatic nitrogens is 3. The molecule has 0 radical (unpaired) electrons. The molecule has 3 heterocycles. The minimum Gasteiger partial charge on any atom is -0.339 e. The van der Waals surface area contributed by atoms with Gasteiger partial charge in [-0.25, -0.2) is 9.37 Å². The molecule has 0 spiro atoms. The number of H-pyrrole nitrogens is 1. The number of unbranched alkanes of at least 4 members (excludes halogenated alkanes) is 3. The van der Waals surface area contributed by atoms with E-state index in [1.54, 1.807) is 24.5 Å². The number of carbonyl (C=O) groups excluding carboxylic acids is 1. The highest BCUT2D eigenvalue weighted by Crippen LogP contribution is 2.38. The molecule has 31 heavy (non-hydrogen) atoms. The van der Waals surface area contributed by atoms with Gasteiger partial charge in [0.15, 0.2) is 0 Å². The van der Waals surface area contributed by atoms with E-state index in [0.717, 1.165) is 53.5 Å². The van der Waals surface area contributed by atoms with Crippen molar-refractivity contribution >= 4 is 22.8 Å². The second-order valence-electron chi connectivity index (χ2n) is 7.57. The smallest absolute Gasteiger partial charge is 0.225 e. The molecule has 4 aromatic rings. The SMILES string of the molecule is CCCCCCC(=O)Nc1ccc2c(-c3ccncc3)c(-c3ccc(F)cc3)[nH]c2n1. The summed E-state index contributed by atoms with van der Waals surface area (Å²) in [5.41, 5.74) is 4.31. The predicted molar refractivity (Wildman–Crippen MR) is 122 cm³/mol. The lowest BCUT2D eigenvalue weighted by molar-refractivity contribution is -0.116. The summed E-state index contributed by atoms with van der Waals surface area (Å²) < 4.78 is 13.5. The highest BCUT2D eigenvalue weighted by atomic mass is 19.1. The van der Waals surface area contributed by atoms with E-state index < -0.39 is 0 Å². The number of aromatic amines is 1. The van der Waals surface area contributed by atoms with E-state index in [0.29, 0.717) is 17.9 Å². The third-order valence-electron chi connectivity index (χ3n) is 5.28. The van der Waals surface area contributed by atoms with E-state index in [9.17, 15) is 9.18 Å². The first-order valence-electron chi connectivity index (χ1n) is 10.6. The topological polar surface area (TPSA) is 70.7 Å². The molecular weight excluding hydrogens is 391 g/mol. The van der Waals surface area contributed by atoms with E-state index in [2.05, 4.69) is 27.2 Å². The minimum atomic E-state index is -0.285. The summed E-state index contributed by atoms with van der Waals surface area (Å²) >= 11 is 0. The molecule has 5 nitrogen and oxygen atoms in total. The second-order valence-corrected chi connectivity index (χ2v) is 7.57. The molecule has 4 rings (SSSR count). The molecule has 0 aliphatic carbocycles. The molecule has 0 aliphatic rings. The fourth-order valence-electron chi connectivity index (χ4n) is 3.71. The third kappa shape index (κ3) is 4.79. The van der Waals surface area contributed by atoms with Crippen LogP contribution in [-0.4, -0.2) is 20.9 Å². The number of hydrogen-bond acceptors (Lipinski definition) is 3. The van der Waals surface area contributed by atoms with Crippen LogP contribution in [0.15, 0.2) is 60.9 Å². The maximum Gasteiger partial charge on any atom is 0.225 e. The maximum absolute atomic E-state index is 13.5. The molecule has 3 aromatic heterocycles. The van der Waals surface area contributed by atoms with Crippen molar-refractivity contribution in [2.24, 2.45) is 0 Å². The van der Waals surface area contributed by atoms with Crippen LogP contribution in [0.1, 0.15) is 39.0 Å². The normalized spacial score (nSPS) is 11.0. The van der Waals surface area contributed by atoms with Crippen LogP contribution in [0.3, 0.4) is 0 Å².